The molecule has 7 heteroatoms. The van der Waals surface area contributed by atoms with Crippen molar-refractivity contribution < 1.29 is 9.53 Å². The summed E-state index contributed by atoms with van der Waals surface area (Å²) in [5, 5.41) is 9.54. The van der Waals surface area contributed by atoms with Crippen molar-refractivity contribution >= 4 is 17.7 Å². The van der Waals surface area contributed by atoms with Crippen molar-refractivity contribution in [2.75, 3.05) is 5.75 Å². The maximum absolute atomic E-state index is 13.0. The molecule has 0 saturated carbocycles. The molecule has 1 aromatic heterocycles. The highest BCUT2D eigenvalue weighted by atomic mass is 32.2. The molecule has 1 amide bonds. The SMILES string of the molecule is C[C@H]1CCC[C@H](C)N1C(=O)CSc1nnc(COc2ccccc2)n1Cc1ccccc1. The lowest BCUT2D eigenvalue weighted by atomic mass is 9.98. The Bertz CT molecular complexity index is 999. The number of amides is 1. The zero-order valence-corrected chi connectivity index (χ0v) is 19.5. The molecule has 0 aliphatic carbocycles. The van der Waals surface area contributed by atoms with Gasteiger partial charge in [0.25, 0.3) is 0 Å². The van der Waals surface area contributed by atoms with Crippen LogP contribution in [0.4, 0.5) is 0 Å². The Kier molecular flexibility index (Phi) is 7.47. The molecule has 1 aliphatic rings. The van der Waals surface area contributed by atoms with Gasteiger partial charge < -0.3 is 9.64 Å². The molecular weight excluding hydrogens is 420 g/mol. The Hall–Kier alpha value is -2.80. The van der Waals surface area contributed by atoms with E-state index in [1.165, 1.54) is 18.2 Å². The fourth-order valence-corrected chi connectivity index (χ4v) is 5.06. The summed E-state index contributed by atoms with van der Waals surface area (Å²) in [6.07, 6.45) is 3.34. The van der Waals surface area contributed by atoms with Crippen molar-refractivity contribution in [3.63, 3.8) is 0 Å². The number of para-hydroxylation sites is 1. The summed E-state index contributed by atoms with van der Waals surface area (Å²) in [5.41, 5.74) is 1.15. The minimum absolute atomic E-state index is 0.172. The predicted molar refractivity (Wildman–Crippen MR) is 127 cm³/mol. The van der Waals surface area contributed by atoms with Crippen LogP contribution in [0.5, 0.6) is 5.75 Å². The molecule has 2 atom stereocenters. The first-order valence-corrected chi connectivity index (χ1v) is 12.2. The van der Waals surface area contributed by atoms with Crippen LogP contribution in [0.25, 0.3) is 0 Å². The van der Waals surface area contributed by atoms with E-state index in [1.807, 2.05) is 53.4 Å². The van der Waals surface area contributed by atoms with Gasteiger partial charge in [0.1, 0.15) is 12.4 Å². The highest BCUT2D eigenvalue weighted by Gasteiger charge is 2.29. The molecule has 1 saturated heterocycles. The normalized spacial score (nSPS) is 18.5. The van der Waals surface area contributed by atoms with Crippen LogP contribution in [0.3, 0.4) is 0 Å². The molecule has 2 aromatic carbocycles. The zero-order valence-electron chi connectivity index (χ0n) is 18.7. The number of thioether (sulfide) groups is 1. The fraction of sp³-hybridized carbons (Fsp3) is 0.400. The molecule has 6 nitrogen and oxygen atoms in total. The van der Waals surface area contributed by atoms with Crippen LogP contribution >= 0.6 is 11.8 Å². The number of ether oxygens (including phenoxy) is 1. The van der Waals surface area contributed by atoms with Gasteiger partial charge in [0, 0.05) is 12.1 Å². The van der Waals surface area contributed by atoms with E-state index in [2.05, 4.69) is 40.7 Å². The fourth-order valence-electron chi connectivity index (χ4n) is 4.24. The summed E-state index contributed by atoms with van der Waals surface area (Å²) in [4.78, 5) is 15.1. The summed E-state index contributed by atoms with van der Waals surface area (Å²) in [6.45, 7) is 5.25. The van der Waals surface area contributed by atoms with Crippen LogP contribution < -0.4 is 4.74 Å². The van der Waals surface area contributed by atoms with E-state index in [-0.39, 0.29) is 5.91 Å². The number of rotatable bonds is 8. The summed E-state index contributed by atoms with van der Waals surface area (Å²) < 4.78 is 7.98. The molecule has 0 unspecified atom stereocenters. The number of carbonyl (C=O) groups excluding carboxylic acids is 1. The van der Waals surface area contributed by atoms with E-state index in [1.54, 1.807) is 0 Å². The number of piperidine rings is 1. The van der Waals surface area contributed by atoms with Gasteiger partial charge >= 0.3 is 0 Å². The zero-order chi connectivity index (χ0) is 22.3. The molecule has 2 heterocycles. The minimum atomic E-state index is 0.172. The molecular formula is C25H30N4O2S. The highest BCUT2D eigenvalue weighted by Crippen LogP contribution is 2.26. The number of hydrogen-bond donors (Lipinski definition) is 0. The first-order chi connectivity index (χ1) is 15.6. The molecule has 0 bridgehead atoms. The van der Waals surface area contributed by atoms with Gasteiger partial charge in [-0.25, -0.2) is 0 Å². The van der Waals surface area contributed by atoms with Crippen molar-refractivity contribution in [1.82, 2.24) is 19.7 Å². The third-order valence-electron chi connectivity index (χ3n) is 5.89. The van der Waals surface area contributed by atoms with E-state index in [9.17, 15) is 4.79 Å². The average Bonchev–Trinajstić information content (AvgIpc) is 3.19. The van der Waals surface area contributed by atoms with Crippen LogP contribution in [-0.4, -0.2) is 43.4 Å². The van der Waals surface area contributed by atoms with E-state index < -0.39 is 0 Å². The molecule has 4 rings (SSSR count). The molecule has 1 fully saturated rings. The van der Waals surface area contributed by atoms with Gasteiger partial charge in [-0.05, 0) is 50.8 Å². The lowest BCUT2D eigenvalue weighted by molar-refractivity contribution is -0.134. The van der Waals surface area contributed by atoms with E-state index in [0.717, 1.165) is 35.1 Å². The molecule has 3 aromatic rings. The monoisotopic (exact) mass is 450 g/mol. The number of hydrogen-bond acceptors (Lipinski definition) is 5. The van der Waals surface area contributed by atoms with E-state index in [4.69, 9.17) is 4.74 Å². The largest absolute Gasteiger partial charge is 0.486 e. The summed E-state index contributed by atoms with van der Waals surface area (Å²) in [6, 6.07) is 20.5. The Labute approximate surface area is 194 Å². The second kappa shape index (κ2) is 10.7. The molecule has 1 aliphatic heterocycles. The first kappa shape index (κ1) is 22.4. The molecule has 32 heavy (non-hydrogen) atoms. The van der Waals surface area contributed by atoms with Crippen molar-refractivity contribution in [3.05, 3.63) is 72.1 Å². The number of benzene rings is 2. The number of carbonyl (C=O) groups is 1. The molecule has 0 radical (unpaired) electrons. The molecule has 0 spiro atoms. The second-order valence-electron chi connectivity index (χ2n) is 8.29. The van der Waals surface area contributed by atoms with Gasteiger partial charge in [0.05, 0.1) is 12.3 Å². The summed E-state index contributed by atoms with van der Waals surface area (Å²) in [5.74, 6) is 2.07. The topological polar surface area (TPSA) is 60.3 Å². The van der Waals surface area contributed by atoms with Crippen molar-refractivity contribution in [1.29, 1.82) is 0 Å². The molecule has 168 valence electrons. The maximum Gasteiger partial charge on any atom is 0.233 e. The third kappa shape index (κ3) is 5.51. The minimum Gasteiger partial charge on any atom is -0.486 e. The third-order valence-corrected chi connectivity index (χ3v) is 6.85. The van der Waals surface area contributed by atoms with Gasteiger partial charge in [0.2, 0.25) is 5.91 Å². The standard InChI is InChI=1S/C25H30N4O2S/c1-19-10-9-11-20(2)29(19)24(30)18-32-25-27-26-23(17-31-22-14-7-4-8-15-22)28(25)16-21-12-5-3-6-13-21/h3-8,12-15,19-20H,9-11,16-18H2,1-2H3/t19-,20-/m0/s1. The lowest BCUT2D eigenvalue weighted by Gasteiger charge is -2.39. The first-order valence-electron chi connectivity index (χ1n) is 11.2. The van der Waals surface area contributed by atoms with Crippen LogP contribution in [0.1, 0.15) is 44.5 Å². The summed E-state index contributed by atoms with van der Waals surface area (Å²) >= 11 is 1.46. The smallest absolute Gasteiger partial charge is 0.233 e. The number of likely N-dealkylation sites (tertiary alicyclic amines) is 1. The Morgan fingerprint density at radius 3 is 2.34 bits per heavy atom. The van der Waals surface area contributed by atoms with E-state index in [0.29, 0.717) is 31.0 Å². The van der Waals surface area contributed by atoms with Gasteiger partial charge in [0.15, 0.2) is 11.0 Å². The van der Waals surface area contributed by atoms with E-state index >= 15 is 0 Å². The number of nitrogens with zero attached hydrogens (tertiary/aromatic N) is 4. The lowest BCUT2D eigenvalue weighted by Crippen LogP contribution is -2.48. The van der Waals surface area contributed by atoms with Crippen molar-refractivity contribution in [2.24, 2.45) is 0 Å². The maximum atomic E-state index is 13.0. The van der Waals surface area contributed by atoms with Crippen LogP contribution in [0, 0.1) is 0 Å². The highest BCUT2D eigenvalue weighted by molar-refractivity contribution is 7.99. The number of aromatic nitrogens is 3. The quantitative estimate of drug-likeness (QED) is 0.462. The van der Waals surface area contributed by atoms with Gasteiger partial charge in [-0.2, -0.15) is 0 Å². The van der Waals surface area contributed by atoms with Crippen molar-refractivity contribution in [3.8, 4) is 5.75 Å². The van der Waals surface area contributed by atoms with Crippen LogP contribution in [-0.2, 0) is 17.9 Å². The average molecular weight is 451 g/mol. The Balaban J connectivity index is 1.49. The van der Waals surface area contributed by atoms with Gasteiger partial charge in [-0.1, -0.05) is 60.3 Å². The molecule has 0 N–H and O–H groups in total. The Morgan fingerprint density at radius 2 is 1.66 bits per heavy atom. The van der Waals surface area contributed by atoms with Crippen LogP contribution in [0.2, 0.25) is 0 Å². The predicted octanol–water partition coefficient (Wildman–Crippen LogP) is 4.79. The Morgan fingerprint density at radius 1 is 1.00 bits per heavy atom. The van der Waals surface area contributed by atoms with Crippen LogP contribution in [0.15, 0.2) is 65.8 Å². The van der Waals surface area contributed by atoms with Gasteiger partial charge in [-0.3, -0.25) is 9.36 Å². The van der Waals surface area contributed by atoms with Crippen molar-refractivity contribution in [2.45, 2.75) is 63.5 Å². The van der Waals surface area contributed by atoms with Gasteiger partial charge in [-0.15, -0.1) is 10.2 Å². The second-order valence-corrected chi connectivity index (χ2v) is 9.23. The summed E-state index contributed by atoms with van der Waals surface area (Å²) in [7, 11) is 0.